The van der Waals surface area contributed by atoms with Crippen LogP contribution in [0.3, 0.4) is 0 Å². The highest BCUT2D eigenvalue weighted by Gasteiger charge is 2.30. The third-order valence-electron chi connectivity index (χ3n) is 3.90. The Bertz CT molecular complexity index is 656. The third kappa shape index (κ3) is 6.05. The van der Waals surface area contributed by atoms with Crippen molar-refractivity contribution in [1.82, 2.24) is 5.32 Å². The van der Waals surface area contributed by atoms with Gasteiger partial charge in [-0.05, 0) is 30.0 Å². The molecule has 1 aromatic carbocycles. The van der Waals surface area contributed by atoms with Crippen LogP contribution in [-0.4, -0.2) is 51.5 Å². The second-order valence-electron chi connectivity index (χ2n) is 6.20. The molecule has 1 aliphatic rings. The molecule has 0 bridgehead atoms. The van der Waals surface area contributed by atoms with Crippen LogP contribution in [-0.2, 0) is 16.0 Å². The van der Waals surface area contributed by atoms with Crippen molar-refractivity contribution >= 4 is 17.6 Å². The first kappa shape index (κ1) is 21.5. The number of aliphatic carboxylic acids is 2. The molecule has 0 aliphatic heterocycles. The van der Waals surface area contributed by atoms with Crippen LogP contribution in [0.5, 0.6) is 5.75 Å². The molecular weight excluding hydrogens is 340 g/mol. The number of anilines is 1. The minimum absolute atomic E-state index is 0.0896. The molecule has 0 saturated heterocycles. The molecule has 1 aliphatic carbocycles. The lowest BCUT2D eigenvalue weighted by Crippen LogP contribution is -2.42. The van der Waals surface area contributed by atoms with Gasteiger partial charge in [-0.3, -0.25) is 0 Å². The van der Waals surface area contributed by atoms with Gasteiger partial charge in [0.05, 0.1) is 11.8 Å². The lowest BCUT2D eigenvalue weighted by Gasteiger charge is -2.33. The summed E-state index contributed by atoms with van der Waals surface area (Å²) in [6, 6.07) is 3.91. The molecule has 1 aromatic rings. The highest BCUT2D eigenvalue weighted by atomic mass is 16.4. The zero-order chi connectivity index (χ0) is 19.9. The molecular formula is C18H26N2O6. The third-order valence-corrected chi connectivity index (χ3v) is 3.90. The molecule has 0 heterocycles. The summed E-state index contributed by atoms with van der Waals surface area (Å²) in [4.78, 5) is 19.1. The first-order valence-electron chi connectivity index (χ1n) is 8.27. The summed E-state index contributed by atoms with van der Waals surface area (Å²) < 4.78 is 0. The van der Waals surface area contributed by atoms with E-state index in [0.29, 0.717) is 18.2 Å². The minimum atomic E-state index is -1.26. The number of carboxylic acid groups (broad SMARTS) is 2. The molecule has 6 N–H and O–H groups in total. The standard InChI is InChI=1S/C14H22N2O2.C4H4O4/c1-8(2)16-11-6-4-9-10(14(11)18)5-7-12(17)13(9)15-3;5-3(6)1-2-4(7)8/h5,7-8,11,14-18H,4,6H2,1-3H3;1-2H,(H,5,6)(H,7,8)/t11-,14-;/m1./s1. The van der Waals surface area contributed by atoms with Crippen molar-refractivity contribution in [3.05, 3.63) is 35.4 Å². The highest BCUT2D eigenvalue weighted by Crippen LogP contribution is 2.38. The number of phenols is 1. The largest absolute Gasteiger partial charge is 0.506 e. The van der Waals surface area contributed by atoms with Gasteiger partial charge in [-0.15, -0.1) is 0 Å². The van der Waals surface area contributed by atoms with Crippen LogP contribution >= 0.6 is 0 Å². The fourth-order valence-electron chi connectivity index (χ4n) is 2.90. The second kappa shape index (κ2) is 9.79. The van der Waals surface area contributed by atoms with Gasteiger partial charge in [0.1, 0.15) is 5.75 Å². The van der Waals surface area contributed by atoms with E-state index in [1.54, 1.807) is 13.1 Å². The fourth-order valence-corrected chi connectivity index (χ4v) is 2.90. The van der Waals surface area contributed by atoms with Crippen LogP contribution in [0.15, 0.2) is 24.3 Å². The SMILES string of the molecule is CNc1c(O)ccc2c1CC[C@@H](NC(C)C)[C@@H]2O.O=C(O)C=CC(=O)O. The van der Waals surface area contributed by atoms with E-state index in [0.717, 1.165) is 29.7 Å². The van der Waals surface area contributed by atoms with Crippen molar-refractivity contribution in [1.29, 1.82) is 0 Å². The van der Waals surface area contributed by atoms with Crippen molar-refractivity contribution in [2.75, 3.05) is 12.4 Å². The molecule has 0 amide bonds. The number of rotatable bonds is 5. The van der Waals surface area contributed by atoms with Crippen molar-refractivity contribution in [3.8, 4) is 5.75 Å². The normalized spacial score (nSPS) is 18.8. The monoisotopic (exact) mass is 366 g/mol. The van der Waals surface area contributed by atoms with Crippen molar-refractivity contribution < 1.29 is 30.0 Å². The van der Waals surface area contributed by atoms with E-state index in [1.165, 1.54) is 0 Å². The van der Waals surface area contributed by atoms with E-state index < -0.39 is 18.0 Å². The number of carboxylic acids is 2. The summed E-state index contributed by atoms with van der Waals surface area (Å²) in [5.74, 6) is -2.27. The van der Waals surface area contributed by atoms with E-state index in [-0.39, 0.29) is 11.8 Å². The molecule has 26 heavy (non-hydrogen) atoms. The molecule has 0 aromatic heterocycles. The van der Waals surface area contributed by atoms with E-state index in [2.05, 4.69) is 24.5 Å². The van der Waals surface area contributed by atoms with Gasteiger partial charge in [-0.1, -0.05) is 19.9 Å². The number of benzene rings is 1. The first-order chi connectivity index (χ1) is 12.2. The maximum absolute atomic E-state index is 10.4. The first-order valence-corrected chi connectivity index (χ1v) is 8.27. The van der Waals surface area contributed by atoms with Gasteiger partial charge in [0.2, 0.25) is 0 Å². The zero-order valence-electron chi connectivity index (χ0n) is 15.1. The summed E-state index contributed by atoms with van der Waals surface area (Å²) in [5, 5.41) is 42.2. The van der Waals surface area contributed by atoms with Crippen LogP contribution in [0, 0.1) is 0 Å². The molecule has 0 unspecified atom stereocenters. The molecule has 144 valence electrons. The number of hydrogen-bond donors (Lipinski definition) is 6. The van der Waals surface area contributed by atoms with Gasteiger partial charge in [-0.25, -0.2) is 9.59 Å². The Balaban J connectivity index is 0.000000359. The lowest BCUT2D eigenvalue weighted by molar-refractivity contribution is -0.134. The Morgan fingerprint density at radius 3 is 2.23 bits per heavy atom. The van der Waals surface area contributed by atoms with Crippen LogP contribution in [0.4, 0.5) is 5.69 Å². The zero-order valence-corrected chi connectivity index (χ0v) is 15.1. The van der Waals surface area contributed by atoms with Crippen LogP contribution in [0.2, 0.25) is 0 Å². The predicted molar refractivity (Wildman–Crippen MR) is 97.4 cm³/mol. The van der Waals surface area contributed by atoms with Gasteiger partial charge in [0.25, 0.3) is 0 Å². The summed E-state index contributed by atoms with van der Waals surface area (Å²) in [5.41, 5.74) is 2.70. The fraction of sp³-hybridized carbons (Fsp3) is 0.444. The van der Waals surface area contributed by atoms with E-state index >= 15 is 0 Å². The van der Waals surface area contributed by atoms with Gasteiger partial charge < -0.3 is 31.1 Å². The summed E-state index contributed by atoms with van der Waals surface area (Å²) >= 11 is 0. The Hall–Kier alpha value is -2.58. The number of aliphatic hydroxyl groups excluding tert-OH is 1. The molecule has 2 atom stereocenters. The van der Waals surface area contributed by atoms with Gasteiger partial charge in [0, 0.05) is 31.3 Å². The number of aromatic hydroxyl groups is 1. The van der Waals surface area contributed by atoms with Crippen LogP contribution < -0.4 is 10.6 Å². The quantitative estimate of drug-likeness (QED) is 0.340. The number of nitrogens with one attached hydrogen (secondary N) is 2. The number of fused-ring (bicyclic) bond motifs is 1. The molecule has 8 heteroatoms. The molecule has 0 fully saturated rings. The molecule has 0 radical (unpaired) electrons. The Kier molecular flexibility index (Phi) is 8.08. The Morgan fingerprint density at radius 1 is 1.19 bits per heavy atom. The van der Waals surface area contributed by atoms with Crippen molar-refractivity contribution in [3.63, 3.8) is 0 Å². The summed E-state index contributed by atoms with van der Waals surface area (Å²) in [6.45, 7) is 4.16. The molecule has 2 rings (SSSR count). The Morgan fingerprint density at radius 2 is 1.77 bits per heavy atom. The number of carbonyl (C=O) groups is 2. The Labute approximate surface area is 152 Å². The maximum atomic E-state index is 10.4. The van der Waals surface area contributed by atoms with Crippen molar-refractivity contribution in [2.45, 2.75) is 44.9 Å². The smallest absolute Gasteiger partial charge is 0.328 e. The molecule has 0 spiro atoms. The summed E-state index contributed by atoms with van der Waals surface area (Å²) in [6.07, 6.45) is 2.35. The van der Waals surface area contributed by atoms with Gasteiger partial charge in [-0.2, -0.15) is 0 Å². The van der Waals surface area contributed by atoms with Crippen molar-refractivity contribution in [2.24, 2.45) is 0 Å². The average molecular weight is 366 g/mol. The molecule has 8 nitrogen and oxygen atoms in total. The average Bonchev–Trinajstić information content (AvgIpc) is 2.55. The highest BCUT2D eigenvalue weighted by molar-refractivity contribution is 5.89. The topological polar surface area (TPSA) is 139 Å². The second-order valence-corrected chi connectivity index (χ2v) is 6.20. The maximum Gasteiger partial charge on any atom is 0.328 e. The summed E-state index contributed by atoms with van der Waals surface area (Å²) in [7, 11) is 1.79. The number of phenolic OH excluding ortho intramolecular Hbond substituents is 1. The number of aliphatic hydroxyl groups is 1. The van der Waals surface area contributed by atoms with E-state index in [9.17, 15) is 19.8 Å². The van der Waals surface area contributed by atoms with E-state index in [1.807, 2.05) is 6.07 Å². The molecule has 0 saturated carbocycles. The minimum Gasteiger partial charge on any atom is -0.506 e. The van der Waals surface area contributed by atoms with E-state index in [4.69, 9.17) is 10.2 Å². The lowest BCUT2D eigenvalue weighted by atomic mass is 9.84. The van der Waals surface area contributed by atoms with Crippen LogP contribution in [0.1, 0.15) is 37.5 Å². The van der Waals surface area contributed by atoms with Crippen LogP contribution in [0.25, 0.3) is 0 Å². The van der Waals surface area contributed by atoms with Gasteiger partial charge in [0.15, 0.2) is 0 Å². The van der Waals surface area contributed by atoms with Gasteiger partial charge >= 0.3 is 11.9 Å². The number of hydrogen-bond acceptors (Lipinski definition) is 6. The predicted octanol–water partition coefficient (Wildman–Crippen LogP) is 1.49.